The molecule has 0 saturated carbocycles. The van der Waals surface area contributed by atoms with Crippen LogP contribution in [-0.4, -0.2) is 15.7 Å². The standard InChI is InChI=1S/C18H9ClFN3O3/c19-16-4-2-13(23(25)26)6-10(16)5-11(8-21)18(24)15-9-22-17-7-12(20)1-3-14(15)17/h1-7,9,22H/b11-5+. The van der Waals surface area contributed by atoms with E-state index in [9.17, 15) is 24.6 Å². The first-order valence-electron chi connectivity index (χ1n) is 7.28. The number of rotatable bonds is 4. The second-order valence-electron chi connectivity index (χ2n) is 5.35. The molecule has 0 aliphatic rings. The van der Waals surface area contributed by atoms with Crippen molar-refractivity contribution in [1.82, 2.24) is 4.98 Å². The van der Waals surface area contributed by atoms with E-state index < -0.39 is 16.5 Å². The third kappa shape index (κ3) is 3.18. The zero-order valence-corrected chi connectivity index (χ0v) is 13.7. The first-order chi connectivity index (χ1) is 12.4. The van der Waals surface area contributed by atoms with Gasteiger partial charge in [0, 0.05) is 45.4 Å². The van der Waals surface area contributed by atoms with E-state index in [1.165, 1.54) is 48.7 Å². The van der Waals surface area contributed by atoms with Gasteiger partial charge in [-0.15, -0.1) is 0 Å². The molecule has 0 amide bonds. The number of aromatic amines is 1. The molecule has 0 spiro atoms. The van der Waals surface area contributed by atoms with Crippen molar-refractivity contribution in [3.63, 3.8) is 0 Å². The Morgan fingerprint density at radius 2 is 2.08 bits per heavy atom. The Bertz CT molecular complexity index is 1130. The second kappa shape index (κ2) is 6.78. The summed E-state index contributed by atoms with van der Waals surface area (Å²) >= 11 is 6.01. The van der Waals surface area contributed by atoms with Crippen molar-refractivity contribution in [3.8, 4) is 6.07 Å². The lowest BCUT2D eigenvalue weighted by atomic mass is 10.0. The molecule has 3 aromatic rings. The van der Waals surface area contributed by atoms with Crippen LogP contribution < -0.4 is 0 Å². The Kier molecular flexibility index (Phi) is 4.52. The van der Waals surface area contributed by atoms with Crippen LogP contribution in [0.3, 0.4) is 0 Å². The second-order valence-corrected chi connectivity index (χ2v) is 5.76. The summed E-state index contributed by atoms with van der Waals surface area (Å²) < 4.78 is 13.3. The van der Waals surface area contributed by atoms with E-state index in [-0.39, 0.29) is 27.4 Å². The van der Waals surface area contributed by atoms with Crippen LogP contribution in [0.1, 0.15) is 15.9 Å². The molecule has 0 aliphatic carbocycles. The fourth-order valence-electron chi connectivity index (χ4n) is 2.49. The lowest BCUT2D eigenvalue weighted by Gasteiger charge is -2.01. The number of hydrogen-bond donors (Lipinski definition) is 1. The fourth-order valence-corrected chi connectivity index (χ4v) is 2.66. The maximum absolute atomic E-state index is 13.3. The number of H-pyrrole nitrogens is 1. The zero-order valence-electron chi connectivity index (χ0n) is 13.0. The number of non-ortho nitro benzene ring substituents is 1. The van der Waals surface area contributed by atoms with E-state index in [2.05, 4.69) is 4.98 Å². The first-order valence-corrected chi connectivity index (χ1v) is 7.65. The molecule has 0 atom stereocenters. The summed E-state index contributed by atoms with van der Waals surface area (Å²) in [4.78, 5) is 25.8. The highest BCUT2D eigenvalue weighted by atomic mass is 35.5. The van der Waals surface area contributed by atoms with Gasteiger partial charge in [-0.1, -0.05) is 11.6 Å². The number of carbonyl (C=O) groups is 1. The van der Waals surface area contributed by atoms with E-state index in [4.69, 9.17) is 11.6 Å². The smallest absolute Gasteiger partial charge is 0.270 e. The molecule has 0 radical (unpaired) electrons. The van der Waals surface area contributed by atoms with Crippen LogP contribution in [0, 0.1) is 27.3 Å². The lowest BCUT2D eigenvalue weighted by Crippen LogP contribution is -2.01. The van der Waals surface area contributed by atoms with Crippen molar-refractivity contribution in [2.75, 3.05) is 0 Å². The van der Waals surface area contributed by atoms with Gasteiger partial charge < -0.3 is 4.98 Å². The van der Waals surface area contributed by atoms with Gasteiger partial charge in [0.05, 0.1) is 4.92 Å². The maximum Gasteiger partial charge on any atom is 0.270 e. The molecule has 3 rings (SSSR count). The summed E-state index contributed by atoms with van der Waals surface area (Å²) in [5.41, 5.74) is 0.315. The zero-order chi connectivity index (χ0) is 18.8. The molecule has 0 unspecified atom stereocenters. The summed E-state index contributed by atoms with van der Waals surface area (Å²) in [5.74, 6) is -1.06. The number of fused-ring (bicyclic) bond motifs is 1. The number of nitriles is 1. The predicted octanol–water partition coefficient (Wildman–Crippen LogP) is 4.66. The molecule has 8 heteroatoms. The van der Waals surface area contributed by atoms with Gasteiger partial charge in [0.25, 0.3) is 5.69 Å². The molecule has 1 aromatic heterocycles. The quantitative estimate of drug-likeness (QED) is 0.237. The van der Waals surface area contributed by atoms with Crippen LogP contribution in [0.25, 0.3) is 17.0 Å². The highest BCUT2D eigenvalue weighted by molar-refractivity contribution is 6.32. The average Bonchev–Trinajstić information content (AvgIpc) is 3.03. The van der Waals surface area contributed by atoms with E-state index in [1.54, 1.807) is 6.07 Å². The SMILES string of the molecule is N#C/C(=C\c1cc([N+](=O)[O-])ccc1Cl)C(=O)c1c[nH]c2cc(F)ccc12. The molecule has 128 valence electrons. The molecule has 0 bridgehead atoms. The van der Waals surface area contributed by atoms with Crippen LogP contribution in [0.2, 0.25) is 5.02 Å². The highest BCUT2D eigenvalue weighted by Crippen LogP contribution is 2.26. The molecular formula is C18H9ClFN3O3. The highest BCUT2D eigenvalue weighted by Gasteiger charge is 2.18. The van der Waals surface area contributed by atoms with Crippen molar-refractivity contribution < 1.29 is 14.1 Å². The normalized spacial score (nSPS) is 11.3. The first kappa shape index (κ1) is 17.3. The molecule has 6 nitrogen and oxygen atoms in total. The predicted molar refractivity (Wildman–Crippen MR) is 94.3 cm³/mol. The number of aromatic nitrogens is 1. The Hall–Kier alpha value is -3.50. The number of nitro groups is 1. The number of Topliss-reactive ketones (excluding diaryl/α,β-unsaturated/α-hetero) is 1. The minimum absolute atomic E-state index is 0.164. The van der Waals surface area contributed by atoms with Gasteiger partial charge in [0.1, 0.15) is 17.5 Å². The molecule has 0 fully saturated rings. The minimum Gasteiger partial charge on any atom is -0.360 e. The van der Waals surface area contributed by atoms with Gasteiger partial charge in [0.15, 0.2) is 0 Å². The van der Waals surface area contributed by atoms with Gasteiger partial charge in [0.2, 0.25) is 5.78 Å². The molecule has 0 aliphatic heterocycles. The fraction of sp³-hybridized carbons (Fsp3) is 0. The Morgan fingerprint density at radius 1 is 1.31 bits per heavy atom. The largest absolute Gasteiger partial charge is 0.360 e. The molecular weight excluding hydrogens is 361 g/mol. The summed E-state index contributed by atoms with van der Waals surface area (Å²) in [6.07, 6.45) is 2.58. The number of halogens is 2. The van der Waals surface area contributed by atoms with Crippen molar-refractivity contribution in [1.29, 1.82) is 5.26 Å². The molecule has 0 saturated heterocycles. The number of nitro benzene ring substituents is 1. The summed E-state index contributed by atoms with van der Waals surface area (Å²) in [6, 6.07) is 9.38. The number of benzene rings is 2. The van der Waals surface area contributed by atoms with Crippen LogP contribution in [0.4, 0.5) is 10.1 Å². The number of nitrogens with zero attached hydrogens (tertiary/aromatic N) is 2. The number of hydrogen-bond acceptors (Lipinski definition) is 4. The molecule has 1 heterocycles. The van der Waals surface area contributed by atoms with E-state index in [1.807, 2.05) is 0 Å². The Labute approximate surface area is 151 Å². The van der Waals surface area contributed by atoms with Gasteiger partial charge in [-0.2, -0.15) is 5.26 Å². The molecule has 2 aromatic carbocycles. The number of allylic oxidation sites excluding steroid dienone is 1. The summed E-state index contributed by atoms with van der Waals surface area (Å²) in [6.45, 7) is 0. The number of ketones is 1. The van der Waals surface area contributed by atoms with Gasteiger partial charge >= 0.3 is 0 Å². The van der Waals surface area contributed by atoms with E-state index in [0.29, 0.717) is 10.9 Å². The third-order valence-corrected chi connectivity index (χ3v) is 4.09. The Morgan fingerprint density at radius 3 is 2.77 bits per heavy atom. The van der Waals surface area contributed by atoms with Crippen molar-refractivity contribution in [2.45, 2.75) is 0 Å². The van der Waals surface area contributed by atoms with Gasteiger partial charge in [-0.05, 0) is 30.3 Å². The van der Waals surface area contributed by atoms with Crippen molar-refractivity contribution in [2.24, 2.45) is 0 Å². The lowest BCUT2D eigenvalue weighted by molar-refractivity contribution is -0.384. The molecule has 26 heavy (non-hydrogen) atoms. The van der Waals surface area contributed by atoms with Gasteiger partial charge in [-0.25, -0.2) is 4.39 Å². The summed E-state index contributed by atoms with van der Waals surface area (Å²) in [5, 5.41) is 20.9. The van der Waals surface area contributed by atoms with Crippen molar-refractivity contribution >= 4 is 40.1 Å². The van der Waals surface area contributed by atoms with Crippen molar-refractivity contribution in [3.05, 3.63) is 80.2 Å². The Balaban J connectivity index is 2.07. The van der Waals surface area contributed by atoms with E-state index >= 15 is 0 Å². The topological polar surface area (TPSA) is 99.8 Å². The minimum atomic E-state index is -0.604. The van der Waals surface area contributed by atoms with E-state index in [0.717, 1.165) is 0 Å². The monoisotopic (exact) mass is 369 g/mol. The maximum atomic E-state index is 13.3. The van der Waals surface area contributed by atoms with Crippen LogP contribution in [-0.2, 0) is 0 Å². The average molecular weight is 370 g/mol. The van der Waals surface area contributed by atoms with Crippen LogP contribution in [0.5, 0.6) is 0 Å². The van der Waals surface area contributed by atoms with Crippen LogP contribution >= 0.6 is 11.6 Å². The summed E-state index contributed by atoms with van der Waals surface area (Å²) in [7, 11) is 0. The van der Waals surface area contributed by atoms with Crippen LogP contribution in [0.15, 0.2) is 48.2 Å². The van der Waals surface area contributed by atoms with Gasteiger partial charge in [-0.3, -0.25) is 14.9 Å². The number of nitrogens with one attached hydrogen (secondary N) is 1. The molecule has 1 N–H and O–H groups in total. The third-order valence-electron chi connectivity index (χ3n) is 3.74. The number of carbonyl (C=O) groups excluding carboxylic acids is 1.